The number of rotatable bonds is 5. The van der Waals surface area contributed by atoms with Gasteiger partial charge in [0, 0.05) is 11.9 Å². The third-order valence-electron chi connectivity index (χ3n) is 4.96. The molecule has 0 aliphatic heterocycles. The zero-order chi connectivity index (χ0) is 21.3. The van der Waals surface area contributed by atoms with E-state index in [1.165, 1.54) is 4.68 Å². The van der Waals surface area contributed by atoms with E-state index in [-0.39, 0.29) is 11.1 Å². The van der Waals surface area contributed by atoms with Gasteiger partial charge in [-0.15, -0.1) is 0 Å². The largest absolute Gasteiger partial charge is 0.304 e. The molecule has 2 aromatic heterocycles. The zero-order valence-electron chi connectivity index (χ0n) is 17.3. The lowest BCUT2D eigenvalue weighted by Crippen LogP contribution is -2.24. The Morgan fingerprint density at radius 1 is 0.967 bits per heavy atom. The van der Waals surface area contributed by atoms with E-state index < -0.39 is 5.95 Å². The molecule has 152 valence electrons. The number of fused-ring (bicyclic) bond motifs is 1. The molecule has 0 aliphatic rings. The van der Waals surface area contributed by atoms with Crippen LogP contribution in [0.25, 0.3) is 22.0 Å². The van der Waals surface area contributed by atoms with E-state index in [2.05, 4.69) is 10.1 Å². The molecule has 5 nitrogen and oxygen atoms in total. The first-order valence-corrected chi connectivity index (χ1v) is 9.78. The van der Waals surface area contributed by atoms with Crippen molar-refractivity contribution in [3.63, 3.8) is 0 Å². The van der Waals surface area contributed by atoms with Gasteiger partial charge in [0.25, 0.3) is 5.56 Å². The van der Waals surface area contributed by atoms with Gasteiger partial charge in [0.2, 0.25) is 5.95 Å². The maximum absolute atomic E-state index is 15.0. The standard InChI is InChI=1S/C24H23FN4O/c1-16-8-10-17(11-9-16)14-29-24(30)20-7-5-4-6-19(20)22(27-29)21-13-12-18(15-28(2)3)26-23(21)25/h4-13H,14-15H2,1-3H3. The molecule has 30 heavy (non-hydrogen) atoms. The summed E-state index contributed by atoms with van der Waals surface area (Å²) >= 11 is 0. The molecule has 0 N–H and O–H groups in total. The molecule has 0 saturated heterocycles. The van der Waals surface area contributed by atoms with Crippen molar-refractivity contribution < 1.29 is 4.39 Å². The molecule has 2 aromatic carbocycles. The van der Waals surface area contributed by atoms with E-state index in [1.807, 2.05) is 56.3 Å². The van der Waals surface area contributed by atoms with Crippen molar-refractivity contribution in [2.24, 2.45) is 0 Å². The highest BCUT2D eigenvalue weighted by Gasteiger charge is 2.17. The normalized spacial score (nSPS) is 11.4. The van der Waals surface area contributed by atoms with Crippen LogP contribution in [0.2, 0.25) is 0 Å². The fraction of sp³-hybridized carbons (Fsp3) is 0.208. The van der Waals surface area contributed by atoms with Crippen molar-refractivity contribution in [1.29, 1.82) is 0 Å². The van der Waals surface area contributed by atoms with Crippen molar-refractivity contribution in [3.8, 4) is 11.3 Å². The first kappa shape index (κ1) is 19.9. The zero-order valence-corrected chi connectivity index (χ0v) is 17.3. The summed E-state index contributed by atoms with van der Waals surface area (Å²) < 4.78 is 16.4. The molecule has 2 heterocycles. The Morgan fingerprint density at radius 2 is 1.67 bits per heavy atom. The second kappa shape index (κ2) is 8.16. The van der Waals surface area contributed by atoms with Crippen LogP contribution in [-0.4, -0.2) is 33.8 Å². The van der Waals surface area contributed by atoms with Crippen LogP contribution in [0, 0.1) is 12.9 Å². The molecular weight excluding hydrogens is 379 g/mol. The molecule has 0 aliphatic carbocycles. The minimum absolute atomic E-state index is 0.201. The lowest BCUT2D eigenvalue weighted by molar-refractivity contribution is 0.393. The van der Waals surface area contributed by atoms with Crippen LogP contribution in [-0.2, 0) is 13.1 Å². The van der Waals surface area contributed by atoms with Crippen molar-refractivity contribution in [2.45, 2.75) is 20.0 Å². The Morgan fingerprint density at radius 3 is 2.33 bits per heavy atom. The summed E-state index contributed by atoms with van der Waals surface area (Å²) in [7, 11) is 3.81. The maximum atomic E-state index is 15.0. The first-order valence-electron chi connectivity index (χ1n) is 9.78. The number of hydrogen-bond acceptors (Lipinski definition) is 4. The fourth-order valence-corrected chi connectivity index (χ4v) is 3.47. The molecule has 0 atom stereocenters. The number of halogens is 1. The highest BCUT2D eigenvalue weighted by molar-refractivity contribution is 5.93. The number of aryl methyl sites for hydroxylation is 1. The summed E-state index contributed by atoms with van der Waals surface area (Å²) in [6.45, 7) is 2.86. The van der Waals surface area contributed by atoms with Crippen LogP contribution < -0.4 is 5.56 Å². The lowest BCUT2D eigenvalue weighted by Gasteiger charge is -2.13. The van der Waals surface area contributed by atoms with E-state index in [1.54, 1.807) is 30.3 Å². The summed E-state index contributed by atoms with van der Waals surface area (Å²) in [6.07, 6.45) is 0. The molecule has 0 fully saturated rings. The van der Waals surface area contributed by atoms with Gasteiger partial charge in [0.15, 0.2) is 0 Å². The molecule has 0 saturated carbocycles. The summed E-state index contributed by atoms with van der Waals surface area (Å²) in [6, 6.07) is 18.6. The van der Waals surface area contributed by atoms with Crippen LogP contribution in [0.4, 0.5) is 4.39 Å². The first-order chi connectivity index (χ1) is 14.4. The molecule has 4 aromatic rings. The van der Waals surface area contributed by atoms with Crippen molar-refractivity contribution in [1.82, 2.24) is 19.7 Å². The predicted molar refractivity (Wildman–Crippen MR) is 117 cm³/mol. The third-order valence-corrected chi connectivity index (χ3v) is 4.96. The molecule has 6 heteroatoms. The molecule has 0 amide bonds. The number of pyridine rings is 1. The van der Waals surface area contributed by atoms with E-state index in [9.17, 15) is 9.18 Å². The average Bonchev–Trinajstić information content (AvgIpc) is 2.72. The average molecular weight is 402 g/mol. The Labute approximate surface area is 174 Å². The van der Waals surface area contributed by atoms with Gasteiger partial charge >= 0.3 is 0 Å². The Kier molecular flexibility index (Phi) is 5.42. The number of aromatic nitrogens is 3. The van der Waals surface area contributed by atoms with Crippen molar-refractivity contribution in [2.75, 3.05) is 14.1 Å². The van der Waals surface area contributed by atoms with Crippen LogP contribution in [0.5, 0.6) is 0 Å². The Bertz CT molecular complexity index is 1260. The minimum atomic E-state index is -0.590. The molecule has 0 bridgehead atoms. The highest BCUT2D eigenvalue weighted by Crippen LogP contribution is 2.26. The van der Waals surface area contributed by atoms with E-state index >= 15 is 0 Å². The second-order valence-corrected chi connectivity index (χ2v) is 7.72. The summed E-state index contributed by atoms with van der Waals surface area (Å²) in [5.74, 6) is -0.590. The van der Waals surface area contributed by atoms with Gasteiger partial charge in [-0.1, -0.05) is 48.0 Å². The molecule has 0 spiro atoms. The van der Waals surface area contributed by atoms with E-state index in [0.29, 0.717) is 35.2 Å². The third kappa shape index (κ3) is 4.00. The van der Waals surface area contributed by atoms with Crippen molar-refractivity contribution in [3.05, 3.63) is 93.8 Å². The SMILES string of the molecule is Cc1ccc(Cn2nc(-c3ccc(CN(C)C)nc3F)c3ccccc3c2=O)cc1. The lowest BCUT2D eigenvalue weighted by atomic mass is 10.1. The van der Waals surface area contributed by atoms with E-state index in [0.717, 1.165) is 11.1 Å². The number of hydrogen-bond donors (Lipinski definition) is 0. The van der Waals surface area contributed by atoms with Gasteiger partial charge in [0.05, 0.1) is 23.2 Å². The number of benzene rings is 2. The topological polar surface area (TPSA) is 51.0 Å². The van der Waals surface area contributed by atoms with Crippen LogP contribution in [0.3, 0.4) is 0 Å². The van der Waals surface area contributed by atoms with Gasteiger partial charge in [-0.25, -0.2) is 9.67 Å². The highest BCUT2D eigenvalue weighted by atomic mass is 19.1. The van der Waals surface area contributed by atoms with Gasteiger partial charge in [-0.05, 0) is 44.8 Å². The quantitative estimate of drug-likeness (QED) is 0.473. The Hall–Kier alpha value is -3.38. The smallest absolute Gasteiger partial charge is 0.274 e. The van der Waals surface area contributed by atoms with Crippen LogP contribution >= 0.6 is 0 Å². The van der Waals surface area contributed by atoms with Crippen LogP contribution in [0.15, 0.2) is 65.5 Å². The number of nitrogens with zero attached hydrogens (tertiary/aromatic N) is 4. The van der Waals surface area contributed by atoms with Gasteiger partial charge in [-0.3, -0.25) is 4.79 Å². The molecular formula is C24H23FN4O. The van der Waals surface area contributed by atoms with Crippen LogP contribution in [0.1, 0.15) is 16.8 Å². The molecule has 0 unspecified atom stereocenters. The maximum Gasteiger partial charge on any atom is 0.274 e. The van der Waals surface area contributed by atoms with E-state index in [4.69, 9.17) is 0 Å². The molecule has 0 radical (unpaired) electrons. The van der Waals surface area contributed by atoms with Gasteiger partial charge < -0.3 is 4.90 Å². The predicted octanol–water partition coefficient (Wildman–Crippen LogP) is 4.02. The molecule has 4 rings (SSSR count). The summed E-state index contributed by atoms with van der Waals surface area (Å²) in [5, 5.41) is 5.67. The van der Waals surface area contributed by atoms with Crippen molar-refractivity contribution >= 4 is 10.8 Å². The fourth-order valence-electron chi connectivity index (χ4n) is 3.47. The van der Waals surface area contributed by atoms with Gasteiger partial charge in [-0.2, -0.15) is 9.49 Å². The summed E-state index contributed by atoms with van der Waals surface area (Å²) in [5.41, 5.74) is 3.23. The van der Waals surface area contributed by atoms with Gasteiger partial charge in [0.1, 0.15) is 5.69 Å². The monoisotopic (exact) mass is 402 g/mol. The Balaban J connectivity index is 1.86. The minimum Gasteiger partial charge on any atom is -0.304 e. The second-order valence-electron chi connectivity index (χ2n) is 7.72. The summed E-state index contributed by atoms with van der Waals surface area (Å²) in [4.78, 5) is 19.1.